The number of nitrogens with zero attached hydrogens (tertiary/aromatic N) is 5. The SMILES string of the molecule is N#Cc1c(-c2cccnc2)[n+]([O-])c2cc(F)c(N3CCCCC3)cc2[n+]1[O-]. The van der Waals surface area contributed by atoms with Crippen molar-refractivity contribution >= 4 is 16.7 Å². The van der Waals surface area contributed by atoms with Crippen molar-refractivity contribution < 1.29 is 13.9 Å². The fraction of sp³-hybridized carbons (Fsp3) is 0.263. The minimum Gasteiger partial charge on any atom is -0.617 e. The Morgan fingerprint density at radius 3 is 2.52 bits per heavy atom. The molecule has 0 atom stereocenters. The topological polar surface area (TPSA) is 93.8 Å². The Bertz CT molecular complexity index is 1060. The number of halogens is 1. The Labute approximate surface area is 154 Å². The van der Waals surface area contributed by atoms with Crippen molar-refractivity contribution in [1.82, 2.24) is 4.98 Å². The van der Waals surface area contributed by atoms with Gasteiger partial charge in [-0.15, -0.1) is 4.73 Å². The van der Waals surface area contributed by atoms with E-state index in [9.17, 15) is 20.1 Å². The minimum absolute atomic E-state index is 0.0313. The van der Waals surface area contributed by atoms with Gasteiger partial charge in [-0.3, -0.25) is 4.98 Å². The lowest BCUT2D eigenvalue weighted by atomic mass is 10.1. The van der Waals surface area contributed by atoms with Gasteiger partial charge in [-0.1, -0.05) is 0 Å². The van der Waals surface area contributed by atoms with Crippen LogP contribution in [0.15, 0.2) is 36.7 Å². The highest BCUT2D eigenvalue weighted by atomic mass is 19.1. The second kappa shape index (κ2) is 6.68. The van der Waals surface area contributed by atoms with Crippen molar-refractivity contribution in [3.05, 3.63) is 58.6 Å². The van der Waals surface area contributed by atoms with E-state index >= 15 is 0 Å². The van der Waals surface area contributed by atoms with Crippen molar-refractivity contribution in [2.75, 3.05) is 18.0 Å². The molecule has 27 heavy (non-hydrogen) atoms. The zero-order valence-corrected chi connectivity index (χ0v) is 14.4. The summed E-state index contributed by atoms with van der Waals surface area (Å²) >= 11 is 0. The first kappa shape index (κ1) is 17.0. The van der Waals surface area contributed by atoms with E-state index in [-0.39, 0.29) is 28.1 Å². The normalized spacial score (nSPS) is 14.3. The molecule has 0 amide bonds. The molecule has 0 unspecified atom stereocenters. The Morgan fingerprint density at radius 1 is 1.11 bits per heavy atom. The molecule has 7 nitrogen and oxygen atoms in total. The van der Waals surface area contributed by atoms with Crippen LogP contribution in [0.5, 0.6) is 0 Å². The second-order valence-corrected chi connectivity index (χ2v) is 6.48. The second-order valence-electron chi connectivity index (χ2n) is 6.48. The summed E-state index contributed by atoms with van der Waals surface area (Å²) in [7, 11) is 0. The number of anilines is 1. The van der Waals surface area contributed by atoms with Gasteiger partial charge in [0.25, 0.3) is 11.0 Å². The first-order valence-electron chi connectivity index (χ1n) is 8.69. The number of fused-ring (bicyclic) bond motifs is 1. The van der Waals surface area contributed by atoms with Crippen molar-refractivity contribution in [2.45, 2.75) is 19.3 Å². The van der Waals surface area contributed by atoms with Crippen molar-refractivity contribution in [3.8, 4) is 17.3 Å². The third kappa shape index (κ3) is 2.77. The molecule has 0 aliphatic carbocycles. The number of pyridine rings is 1. The van der Waals surface area contributed by atoms with E-state index in [0.29, 0.717) is 28.1 Å². The molecule has 2 aromatic heterocycles. The van der Waals surface area contributed by atoms with E-state index in [1.54, 1.807) is 18.2 Å². The van der Waals surface area contributed by atoms with E-state index in [2.05, 4.69) is 4.98 Å². The average molecular weight is 365 g/mol. The van der Waals surface area contributed by atoms with Gasteiger partial charge in [0.05, 0.1) is 17.3 Å². The van der Waals surface area contributed by atoms with Gasteiger partial charge in [0.1, 0.15) is 0 Å². The molecule has 1 aliphatic rings. The van der Waals surface area contributed by atoms with Gasteiger partial charge < -0.3 is 15.3 Å². The first-order chi connectivity index (χ1) is 13.1. The zero-order valence-electron chi connectivity index (χ0n) is 14.4. The van der Waals surface area contributed by atoms with Crippen LogP contribution in [0.1, 0.15) is 25.0 Å². The molecule has 0 bridgehead atoms. The lowest BCUT2D eigenvalue weighted by Gasteiger charge is -2.28. The van der Waals surface area contributed by atoms with Crippen LogP contribution in [0.4, 0.5) is 10.1 Å². The quantitative estimate of drug-likeness (QED) is 0.512. The number of benzene rings is 1. The number of piperidine rings is 1. The molecule has 8 heteroatoms. The molecule has 3 heterocycles. The van der Waals surface area contributed by atoms with Crippen LogP contribution in [-0.4, -0.2) is 18.1 Å². The van der Waals surface area contributed by atoms with Crippen molar-refractivity contribution in [2.24, 2.45) is 0 Å². The average Bonchev–Trinajstić information content (AvgIpc) is 2.71. The summed E-state index contributed by atoms with van der Waals surface area (Å²) in [6, 6.07) is 7.41. The highest BCUT2D eigenvalue weighted by Crippen LogP contribution is 2.27. The van der Waals surface area contributed by atoms with E-state index in [0.717, 1.165) is 25.3 Å². The predicted octanol–water partition coefficient (Wildman–Crippen LogP) is 2.17. The van der Waals surface area contributed by atoms with Crippen LogP contribution in [0.2, 0.25) is 0 Å². The molecular formula is C19H16FN5O2. The largest absolute Gasteiger partial charge is 0.617 e. The summed E-state index contributed by atoms with van der Waals surface area (Å²) in [5, 5.41) is 35.2. The number of hydrogen-bond acceptors (Lipinski definition) is 5. The van der Waals surface area contributed by atoms with Crippen LogP contribution in [0, 0.1) is 27.6 Å². The van der Waals surface area contributed by atoms with Gasteiger partial charge in [-0.2, -0.15) is 9.99 Å². The monoisotopic (exact) mass is 365 g/mol. The molecule has 0 N–H and O–H groups in total. The van der Waals surface area contributed by atoms with Crippen LogP contribution in [0.3, 0.4) is 0 Å². The maximum atomic E-state index is 14.7. The van der Waals surface area contributed by atoms with E-state index < -0.39 is 5.82 Å². The van der Waals surface area contributed by atoms with E-state index in [1.165, 1.54) is 18.5 Å². The van der Waals surface area contributed by atoms with Gasteiger partial charge in [0, 0.05) is 31.5 Å². The molecule has 0 spiro atoms. The van der Waals surface area contributed by atoms with Gasteiger partial charge in [0.15, 0.2) is 11.9 Å². The van der Waals surface area contributed by atoms with Crippen molar-refractivity contribution in [3.63, 3.8) is 0 Å². The fourth-order valence-corrected chi connectivity index (χ4v) is 3.53. The lowest BCUT2D eigenvalue weighted by molar-refractivity contribution is -0.622. The number of rotatable bonds is 2. The maximum Gasteiger partial charge on any atom is 0.369 e. The van der Waals surface area contributed by atoms with Gasteiger partial charge >= 0.3 is 11.4 Å². The van der Waals surface area contributed by atoms with Gasteiger partial charge in [0.2, 0.25) is 0 Å². The number of aromatic nitrogens is 3. The first-order valence-corrected chi connectivity index (χ1v) is 8.69. The predicted molar refractivity (Wildman–Crippen MR) is 95.8 cm³/mol. The molecule has 1 saturated heterocycles. The highest BCUT2D eigenvalue weighted by Gasteiger charge is 2.31. The van der Waals surface area contributed by atoms with Crippen LogP contribution < -0.4 is 14.4 Å². The maximum absolute atomic E-state index is 14.7. The van der Waals surface area contributed by atoms with Crippen LogP contribution in [0.25, 0.3) is 22.3 Å². The standard InChI is InChI=1S/C19H16FN5O2/c20-14-9-16-17(10-15(14)23-7-2-1-3-8-23)24(26)18(11-21)19(25(16)27)13-5-4-6-22-12-13/h4-6,9-10,12H,1-3,7-8H2. The lowest BCUT2D eigenvalue weighted by Crippen LogP contribution is -2.43. The zero-order chi connectivity index (χ0) is 19.0. The summed E-state index contributed by atoms with van der Waals surface area (Å²) in [6.45, 7) is 1.38. The smallest absolute Gasteiger partial charge is 0.369 e. The Kier molecular flexibility index (Phi) is 4.20. The highest BCUT2D eigenvalue weighted by molar-refractivity contribution is 5.76. The van der Waals surface area contributed by atoms with Gasteiger partial charge in [-0.25, -0.2) is 4.39 Å². The number of hydrogen-bond donors (Lipinski definition) is 0. The number of nitriles is 1. The molecule has 1 aromatic carbocycles. The summed E-state index contributed by atoms with van der Waals surface area (Å²) < 4.78 is 15.6. The fourth-order valence-electron chi connectivity index (χ4n) is 3.53. The van der Waals surface area contributed by atoms with Crippen LogP contribution >= 0.6 is 0 Å². The van der Waals surface area contributed by atoms with Gasteiger partial charge in [-0.05, 0) is 31.4 Å². The summed E-state index contributed by atoms with van der Waals surface area (Å²) in [4.78, 5) is 5.80. The molecule has 0 radical (unpaired) electrons. The summed E-state index contributed by atoms with van der Waals surface area (Å²) in [5.41, 5.74) is -0.0434. The Morgan fingerprint density at radius 2 is 1.85 bits per heavy atom. The molecule has 1 aliphatic heterocycles. The molecule has 1 fully saturated rings. The third-order valence-electron chi connectivity index (χ3n) is 4.85. The van der Waals surface area contributed by atoms with Crippen LogP contribution in [-0.2, 0) is 0 Å². The molecule has 4 rings (SSSR count). The molecule has 0 saturated carbocycles. The molecular weight excluding hydrogens is 349 g/mol. The minimum atomic E-state index is -0.559. The summed E-state index contributed by atoms with van der Waals surface area (Å²) in [6.07, 6.45) is 5.87. The van der Waals surface area contributed by atoms with E-state index in [1.807, 2.05) is 4.90 Å². The van der Waals surface area contributed by atoms with Crippen molar-refractivity contribution in [1.29, 1.82) is 5.26 Å². The molecule has 136 valence electrons. The van der Waals surface area contributed by atoms with E-state index in [4.69, 9.17) is 0 Å². The molecule has 3 aromatic rings. The summed E-state index contributed by atoms with van der Waals surface area (Å²) in [5.74, 6) is -0.559. The third-order valence-corrected chi connectivity index (χ3v) is 4.85. The Balaban J connectivity index is 1.99. The Hall–Kier alpha value is -3.47.